The molecule has 3 rings (SSSR count). The zero-order chi connectivity index (χ0) is 12.0. The summed E-state index contributed by atoms with van der Waals surface area (Å²) in [6.07, 6.45) is 2.78. The summed E-state index contributed by atoms with van der Waals surface area (Å²) in [7, 11) is 0. The highest BCUT2D eigenvalue weighted by Gasteiger charge is 2.30. The maximum Gasteiger partial charge on any atom is 0.137 e. The van der Waals surface area contributed by atoms with E-state index in [2.05, 4.69) is 15.9 Å². The predicted octanol–water partition coefficient (Wildman–Crippen LogP) is 2.63. The number of benzene rings is 1. The van der Waals surface area contributed by atoms with Crippen molar-refractivity contribution in [2.45, 2.75) is 32.2 Å². The lowest BCUT2D eigenvalue weighted by atomic mass is 9.95. The van der Waals surface area contributed by atoms with Crippen LogP contribution in [0.3, 0.4) is 0 Å². The van der Waals surface area contributed by atoms with Crippen LogP contribution in [0.4, 0.5) is 0 Å². The number of nitrogens with two attached hydrogens (primary N) is 1. The first-order chi connectivity index (χ1) is 8.18. The van der Waals surface area contributed by atoms with Crippen LogP contribution in [0, 0.1) is 0 Å². The molecule has 2 aliphatic heterocycles. The SMILES string of the molecule is CC(N)Cc1c2c(c(Br)c3c1OCC3)OCC2.Cl. The molecule has 0 bridgehead atoms. The maximum absolute atomic E-state index is 5.94. The first-order valence-electron chi connectivity index (χ1n) is 6.05. The molecule has 1 unspecified atom stereocenters. The van der Waals surface area contributed by atoms with Gasteiger partial charge < -0.3 is 15.2 Å². The highest BCUT2D eigenvalue weighted by molar-refractivity contribution is 9.10. The number of hydrogen-bond donors (Lipinski definition) is 1. The van der Waals surface area contributed by atoms with Gasteiger partial charge in [0.15, 0.2) is 0 Å². The fourth-order valence-electron chi connectivity index (χ4n) is 2.69. The van der Waals surface area contributed by atoms with Crippen molar-refractivity contribution >= 4 is 28.3 Å². The summed E-state index contributed by atoms with van der Waals surface area (Å²) in [5.41, 5.74) is 9.75. The normalized spacial score (nSPS) is 17.3. The van der Waals surface area contributed by atoms with Gasteiger partial charge in [0.05, 0.1) is 17.7 Å². The van der Waals surface area contributed by atoms with Gasteiger partial charge in [-0.25, -0.2) is 0 Å². The molecule has 1 aromatic rings. The van der Waals surface area contributed by atoms with E-state index in [1.54, 1.807) is 0 Å². The molecule has 2 heterocycles. The van der Waals surface area contributed by atoms with Crippen LogP contribution in [0.15, 0.2) is 4.47 Å². The van der Waals surface area contributed by atoms with E-state index < -0.39 is 0 Å². The fraction of sp³-hybridized carbons (Fsp3) is 0.538. The van der Waals surface area contributed by atoms with Crippen LogP contribution in [0.5, 0.6) is 11.5 Å². The van der Waals surface area contributed by atoms with Crippen molar-refractivity contribution in [3.8, 4) is 11.5 Å². The average molecular weight is 335 g/mol. The fourth-order valence-corrected chi connectivity index (χ4v) is 3.42. The van der Waals surface area contributed by atoms with E-state index >= 15 is 0 Å². The van der Waals surface area contributed by atoms with Crippen LogP contribution in [0.1, 0.15) is 23.6 Å². The molecule has 18 heavy (non-hydrogen) atoms. The minimum absolute atomic E-state index is 0. The molecule has 3 nitrogen and oxygen atoms in total. The van der Waals surface area contributed by atoms with Crippen LogP contribution < -0.4 is 15.2 Å². The highest BCUT2D eigenvalue weighted by Crippen LogP contribution is 2.47. The molecule has 0 fully saturated rings. The molecule has 0 aromatic heterocycles. The lowest BCUT2D eigenvalue weighted by molar-refractivity contribution is 0.352. The van der Waals surface area contributed by atoms with Gasteiger partial charge in [0.2, 0.25) is 0 Å². The van der Waals surface area contributed by atoms with Crippen LogP contribution >= 0.6 is 28.3 Å². The zero-order valence-electron chi connectivity index (χ0n) is 10.3. The maximum atomic E-state index is 5.94. The van der Waals surface area contributed by atoms with Crippen LogP contribution in [-0.2, 0) is 19.3 Å². The second kappa shape index (κ2) is 5.27. The molecular weight excluding hydrogens is 318 g/mol. The molecule has 100 valence electrons. The monoisotopic (exact) mass is 333 g/mol. The van der Waals surface area contributed by atoms with E-state index in [0.717, 1.165) is 48.4 Å². The van der Waals surface area contributed by atoms with E-state index in [9.17, 15) is 0 Å². The molecule has 2 N–H and O–H groups in total. The van der Waals surface area contributed by atoms with Crippen molar-refractivity contribution in [3.63, 3.8) is 0 Å². The average Bonchev–Trinajstić information content (AvgIpc) is 2.92. The van der Waals surface area contributed by atoms with Gasteiger partial charge in [0, 0.05) is 35.6 Å². The van der Waals surface area contributed by atoms with Crippen molar-refractivity contribution in [1.82, 2.24) is 0 Å². The quantitative estimate of drug-likeness (QED) is 0.904. The summed E-state index contributed by atoms with van der Waals surface area (Å²) < 4.78 is 12.6. The van der Waals surface area contributed by atoms with Gasteiger partial charge >= 0.3 is 0 Å². The number of fused-ring (bicyclic) bond motifs is 2. The lowest BCUT2D eigenvalue weighted by Crippen LogP contribution is -2.19. The minimum Gasteiger partial charge on any atom is -0.493 e. The first kappa shape index (κ1) is 14.0. The van der Waals surface area contributed by atoms with Crippen molar-refractivity contribution in [2.24, 2.45) is 5.73 Å². The molecule has 2 aliphatic rings. The van der Waals surface area contributed by atoms with E-state index in [0.29, 0.717) is 0 Å². The standard InChI is InChI=1S/C13H16BrNO2.ClH/c1-7(15)6-10-8-2-4-17-13(8)11(14)9-3-5-16-12(9)10;/h7H,2-6,15H2,1H3;1H. The molecule has 0 radical (unpaired) electrons. The Morgan fingerprint density at radius 1 is 1.17 bits per heavy atom. The van der Waals surface area contributed by atoms with Gasteiger partial charge in [0.1, 0.15) is 11.5 Å². The first-order valence-corrected chi connectivity index (χ1v) is 6.85. The van der Waals surface area contributed by atoms with E-state index in [4.69, 9.17) is 15.2 Å². The van der Waals surface area contributed by atoms with Crippen LogP contribution in [0.2, 0.25) is 0 Å². The molecular formula is C13H17BrClNO2. The van der Waals surface area contributed by atoms with Gasteiger partial charge in [0.25, 0.3) is 0 Å². The molecule has 0 amide bonds. The Hall–Kier alpha value is -0.450. The third kappa shape index (κ3) is 2.10. The lowest BCUT2D eigenvalue weighted by Gasteiger charge is -2.16. The summed E-state index contributed by atoms with van der Waals surface area (Å²) in [4.78, 5) is 0. The topological polar surface area (TPSA) is 44.5 Å². The molecule has 1 aromatic carbocycles. The second-order valence-electron chi connectivity index (χ2n) is 4.79. The number of halogens is 2. The van der Waals surface area contributed by atoms with E-state index in [-0.39, 0.29) is 18.4 Å². The zero-order valence-corrected chi connectivity index (χ0v) is 12.7. The summed E-state index contributed by atoms with van der Waals surface area (Å²) in [5.74, 6) is 2.07. The van der Waals surface area contributed by atoms with Gasteiger partial charge in [-0.05, 0) is 29.3 Å². The molecule has 1 atom stereocenters. The van der Waals surface area contributed by atoms with E-state index in [1.165, 1.54) is 16.7 Å². The van der Waals surface area contributed by atoms with Gasteiger partial charge in [-0.15, -0.1) is 12.4 Å². The highest BCUT2D eigenvalue weighted by atomic mass is 79.9. The Balaban J connectivity index is 0.00000120. The Bertz CT molecular complexity index is 442. The van der Waals surface area contributed by atoms with Crippen LogP contribution in [-0.4, -0.2) is 19.3 Å². The summed E-state index contributed by atoms with van der Waals surface area (Å²) in [6, 6.07) is 0.147. The van der Waals surface area contributed by atoms with Gasteiger partial charge in [-0.3, -0.25) is 0 Å². The number of hydrogen-bond acceptors (Lipinski definition) is 3. The Morgan fingerprint density at radius 2 is 1.78 bits per heavy atom. The molecule has 5 heteroatoms. The van der Waals surface area contributed by atoms with Gasteiger partial charge in [-0.1, -0.05) is 0 Å². The second-order valence-corrected chi connectivity index (χ2v) is 5.58. The Kier molecular flexibility index (Phi) is 4.09. The van der Waals surface area contributed by atoms with Gasteiger partial charge in [-0.2, -0.15) is 0 Å². The van der Waals surface area contributed by atoms with Crippen molar-refractivity contribution in [2.75, 3.05) is 13.2 Å². The molecule has 0 aliphatic carbocycles. The largest absolute Gasteiger partial charge is 0.493 e. The number of rotatable bonds is 2. The summed E-state index contributed by atoms with van der Waals surface area (Å²) >= 11 is 3.65. The third-order valence-corrected chi connectivity index (χ3v) is 4.21. The smallest absolute Gasteiger partial charge is 0.137 e. The van der Waals surface area contributed by atoms with Crippen molar-refractivity contribution in [3.05, 3.63) is 21.2 Å². The van der Waals surface area contributed by atoms with Crippen molar-refractivity contribution < 1.29 is 9.47 Å². The van der Waals surface area contributed by atoms with E-state index in [1.807, 2.05) is 6.92 Å². The molecule has 0 saturated heterocycles. The molecule has 0 saturated carbocycles. The Labute approximate surface area is 122 Å². The third-order valence-electron chi connectivity index (χ3n) is 3.37. The summed E-state index contributed by atoms with van der Waals surface area (Å²) in [5, 5.41) is 0. The number of ether oxygens (including phenoxy) is 2. The molecule has 0 spiro atoms. The minimum atomic E-state index is 0. The van der Waals surface area contributed by atoms with Crippen molar-refractivity contribution in [1.29, 1.82) is 0 Å². The summed E-state index contributed by atoms with van der Waals surface area (Å²) in [6.45, 7) is 3.57. The Morgan fingerprint density at radius 3 is 2.44 bits per heavy atom. The predicted molar refractivity (Wildman–Crippen MR) is 77.1 cm³/mol. The van der Waals surface area contributed by atoms with Crippen LogP contribution in [0.25, 0.3) is 0 Å².